The molecule has 0 aliphatic heterocycles. The second-order valence-electron chi connectivity index (χ2n) is 4.98. The van der Waals surface area contributed by atoms with E-state index >= 15 is 0 Å². The molecule has 0 saturated heterocycles. The van der Waals surface area contributed by atoms with Gasteiger partial charge in [-0.1, -0.05) is 32.1 Å². The Morgan fingerprint density at radius 3 is 2.71 bits per heavy atom. The Bertz CT molecular complexity index is 371. The monoisotopic (exact) mass is 314 g/mol. The summed E-state index contributed by atoms with van der Waals surface area (Å²) in [7, 11) is 0. The van der Waals surface area contributed by atoms with Gasteiger partial charge in [0, 0.05) is 15.8 Å². The molecule has 0 unspecified atom stereocenters. The lowest BCUT2D eigenvalue weighted by Crippen LogP contribution is -2.08. The van der Waals surface area contributed by atoms with Crippen molar-refractivity contribution in [3.63, 3.8) is 0 Å². The Hall–Kier alpha value is -0.150. The van der Waals surface area contributed by atoms with E-state index < -0.39 is 0 Å². The lowest BCUT2D eigenvalue weighted by Gasteiger charge is -2.20. The first-order valence-electron chi connectivity index (χ1n) is 6.46. The number of carbonyl (C=O) groups is 1. The van der Waals surface area contributed by atoms with Crippen molar-refractivity contribution in [3.8, 4) is 0 Å². The smallest absolute Gasteiger partial charge is 0.172 e. The van der Waals surface area contributed by atoms with Crippen molar-refractivity contribution in [2.75, 3.05) is 0 Å². The van der Waals surface area contributed by atoms with Gasteiger partial charge in [0.05, 0.1) is 4.88 Å². The van der Waals surface area contributed by atoms with Crippen LogP contribution in [0.3, 0.4) is 0 Å². The molecule has 1 aromatic heterocycles. The zero-order valence-corrected chi connectivity index (χ0v) is 12.7. The fraction of sp³-hybridized carbons (Fsp3) is 0.643. The minimum absolute atomic E-state index is 0.328. The third-order valence-corrected chi connectivity index (χ3v) is 5.81. The molecule has 1 saturated carbocycles. The fourth-order valence-electron chi connectivity index (χ4n) is 2.53. The predicted octanol–water partition coefficient (Wildman–Crippen LogP) is 5.36. The van der Waals surface area contributed by atoms with Gasteiger partial charge in [0.1, 0.15) is 0 Å². The van der Waals surface area contributed by atoms with Crippen LogP contribution in [0.5, 0.6) is 0 Å². The number of ketones is 1. The van der Waals surface area contributed by atoms with Crippen molar-refractivity contribution in [3.05, 3.63) is 20.3 Å². The molecule has 1 heterocycles. The topological polar surface area (TPSA) is 17.1 Å². The Morgan fingerprint density at radius 2 is 2.12 bits per heavy atom. The summed E-state index contributed by atoms with van der Waals surface area (Å²) in [6, 6.07) is 1.98. The van der Waals surface area contributed by atoms with Crippen LogP contribution in [0, 0.1) is 12.8 Å². The van der Waals surface area contributed by atoms with E-state index in [1.807, 2.05) is 13.0 Å². The van der Waals surface area contributed by atoms with E-state index in [2.05, 4.69) is 15.9 Å². The maximum atomic E-state index is 12.0. The highest BCUT2D eigenvalue weighted by atomic mass is 79.9. The van der Waals surface area contributed by atoms with E-state index in [-0.39, 0.29) is 0 Å². The van der Waals surface area contributed by atoms with Crippen molar-refractivity contribution < 1.29 is 4.79 Å². The van der Waals surface area contributed by atoms with Crippen molar-refractivity contribution in [1.29, 1.82) is 0 Å². The number of thiophene rings is 1. The molecule has 1 aliphatic rings. The van der Waals surface area contributed by atoms with Crippen LogP contribution in [0.1, 0.15) is 59.5 Å². The standard InChI is InChI=1S/C14H19BrOS/c1-10-12(15)9-14(17-10)13(16)8-7-11-5-3-2-4-6-11/h9,11H,2-8H2,1H3. The normalized spacial score (nSPS) is 17.3. The summed E-state index contributed by atoms with van der Waals surface area (Å²) in [4.78, 5) is 14.2. The average molecular weight is 315 g/mol. The summed E-state index contributed by atoms with van der Waals surface area (Å²) in [5, 5.41) is 0. The third kappa shape index (κ3) is 3.65. The molecule has 0 N–H and O–H groups in total. The maximum Gasteiger partial charge on any atom is 0.172 e. The second-order valence-corrected chi connectivity index (χ2v) is 7.09. The highest BCUT2D eigenvalue weighted by Crippen LogP contribution is 2.30. The van der Waals surface area contributed by atoms with Gasteiger partial charge in [-0.15, -0.1) is 11.3 Å². The van der Waals surface area contributed by atoms with Crippen LogP contribution < -0.4 is 0 Å². The quantitative estimate of drug-likeness (QED) is 0.683. The SMILES string of the molecule is Cc1sc(C(=O)CCC2CCCCC2)cc1Br. The van der Waals surface area contributed by atoms with Gasteiger partial charge < -0.3 is 0 Å². The molecular weight excluding hydrogens is 296 g/mol. The summed E-state index contributed by atoms with van der Waals surface area (Å²) in [5.74, 6) is 1.13. The molecule has 3 heteroatoms. The van der Waals surface area contributed by atoms with E-state index in [0.717, 1.165) is 28.1 Å². The van der Waals surface area contributed by atoms with Crippen LogP contribution in [0.4, 0.5) is 0 Å². The Morgan fingerprint density at radius 1 is 1.41 bits per heavy atom. The van der Waals surface area contributed by atoms with Crippen molar-refractivity contribution in [1.82, 2.24) is 0 Å². The van der Waals surface area contributed by atoms with E-state index in [1.165, 1.54) is 37.0 Å². The van der Waals surface area contributed by atoms with Gasteiger partial charge in [0.25, 0.3) is 0 Å². The highest BCUT2D eigenvalue weighted by molar-refractivity contribution is 9.10. The van der Waals surface area contributed by atoms with Crippen molar-refractivity contribution in [2.24, 2.45) is 5.92 Å². The largest absolute Gasteiger partial charge is 0.293 e. The van der Waals surface area contributed by atoms with Crippen molar-refractivity contribution in [2.45, 2.75) is 51.9 Å². The maximum absolute atomic E-state index is 12.0. The van der Waals surface area contributed by atoms with Gasteiger partial charge in [-0.3, -0.25) is 4.79 Å². The first kappa shape index (κ1) is 13.3. The molecule has 1 aromatic rings. The zero-order valence-electron chi connectivity index (χ0n) is 10.3. The Kier molecular flexibility index (Phi) is 4.80. The minimum atomic E-state index is 0.328. The molecule has 1 nitrogen and oxygen atoms in total. The van der Waals surface area contributed by atoms with E-state index in [0.29, 0.717) is 5.78 Å². The van der Waals surface area contributed by atoms with Gasteiger partial charge in [0.15, 0.2) is 5.78 Å². The molecule has 0 aromatic carbocycles. The predicted molar refractivity (Wildman–Crippen MR) is 76.9 cm³/mol. The summed E-state index contributed by atoms with van der Waals surface area (Å²) >= 11 is 5.08. The van der Waals surface area contributed by atoms with Crippen LogP contribution >= 0.6 is 27.3 Å². The molecule has 17 heavy (non-hydrogen) atoms. The molecule has 0 spiro atoms. The van der Waals surface area contributed by atoms with Gasteiger partial charge in [-0.25, -0.2) is 0 Å². The molecule has 0 bridgehead atoms. The number of carbonyl (C=O) groups excluding carboxylic acids is 1. The van der Waals surface area contributed by atoms with Crippen LogP contribution in [0.15, 0.2) is 10.5 Å². The molecule has 2 rings (SSSR count). The van der Waals surface area contributed by atoms with Crippen LogP contribution in [-0.4, -0.2) is 5.78 Å². The minimum Gasteiger partial charge on any atom is -0.293 e. The summed E-state index contributed by atoms with van der Waals surface area (Å²) < 4.78 is 1.07. The van der Waals surface area contributed by atoms with Gasteiger partial charge in [0.2, 0.25) is 0 Å². The van der Waals surface area contributed by atoms with Gasteiger partial charge in [-0.2, -0.15) is 0 Å². The van der Waals surface area contributed by atoms with Crippen LogP contribution in [0.2, 0.25) is 0 Å². The Balaban J connectivity index is 1.84. The van der Waals surface area contributed by atoms with Gasteiger partial charge in [-0.05, 0) is 41.3 Å². The molecule has 0 radical (unpaired) electrons. The van der Waals surface area contributed by atoms with Gasteiger partial charge >= 0.3 is 0 Å². The molecule has 1 fully saturated rings. The van der Waals surface area contributed by atoms with E-state index in [4.69, 9.17) is 0 Å². The first-order chi connectivity index (χ1) is 8.16. The molecule has 0 amide bonds. The number of hydrogen-bond donors (Lipinski definition) is 0. The molecule has 0 atom stereocenters. The number of halogens is 1. The zero-order chi connectivity index (χ0) is 12.3. The highest BCUT2D eigenvalue weighted by Gasteiger charge is 2.16. The van der Waals surface area contributed by atoms with Crippen LogP contribution in [0.25, 0.3) is 0 Å². The van der Waals surface area contributed by atoms with Crippen LogP contribution in [-0.2, 0) is 0 Å². The average Bonchev–Trinajstić information content (AvgIpc) is 2.68. The van der Waals surface area contributed by atoms with E-state index in [1.54, 1.807) is 11.3 Å². The second kappa shape index (κ2) is 6.14. The molecule has 94 valence electrons. The fourth-order valence-corrected chi connectivity index (χ4v) is 4.03. The molecule has 1 aliphatic carbocycles. The number of hydrogen-bond acceptors (Lipinski definition) is 2. The third-order valence-electron chi connectivity index (χ3n) is 3.64. The number of Topliss-reactive ketones (excluding diaryl/α,β-unsaturated/α-hetero) is 1. The number of aryl methyl sites for hydroxylation is 1. The summed E-state index contributed by atoms with van der Waals surface area (Å²) in [6.45, 7) is 2.05. The summed E-state index contributed by atoms with van der Waals surface area (Å²) in [6.07, 6.45) is 8.61. The number of rotatable bonds is 4. The summed E-state index contributed by atoms with van der Waals surface area (Å²) in [5.41, 5.74) is 0. The Labute approximate surface area is 116 Å². The molecular formula is C14H19BrOS. The lowest BCUT2D eigenvalue weighted by atomic mass is 9.85. The lowest BCUT2D eigenvalue weighted by molar-refractivity contribution is 0.0974. The van der Waals surface area contributed by atoms with E-state index in [9.17, 15) is 4.79 Å². The first-order valence-corrected chi connectivity index (χ1v) is 8.07. The van der Waals surface area contributed by atoms with Crippen molar-refractivity contribution >= 4 is 33.0 Å².